The predicted molar refractivity (Wildman–Crippen MR) is 76.7 cm³/mol. The molecular weight excluding hydrogens is 246 g/mol. The summed E-state index contributed by atoms with van der Waals surface area (Å²) in [5.41, 5.74) is 0.689. The number of esters is 1. The first-order chi connectivity index (χ1) is 8.69. The van der Waals surface area contributed by atoms with Crippen LogP contribution in [-0.2, 0) is 4.74 Å². The van der Waals surface area contributed by atoms with Gasteiger partial charge in [-0.2, -0.15) is 0 Å². The maximum absolute atomic E-state index is 12.0. The molecule has 0 spiro atoms. The van der Waals surface area contributed by atoms with Gasteiger partial charge in [0.15, 0.2) is 0 Å². The molecule has 0 unspecified atom stereocenters. The zero-order valence-corrected chi connectivity index (χ0v) is 11.7. The average Bonchev–Trinajstić information content (AvgIpc) is 2.77. The Morgan fingerprint density at radius 1 is 1.39 bits per heavy atom. The third-order valence-electron chi connectivity index (χ3n) is 2.87. The number of anilines is 1. The van der Waals surface area contributed by atoms with Crippen molar-refractivity contribution in [2.45, 2.75) is 13.3 Å². The third-order valence-corrected chi connectivity index (χ3v) is 4.16. The molecule has 96 valence electrons. The van der Waals surface area contributed by atoms with E-state index >= 15 is 0 Å². The Hall–Kier alpha value is -1.55. The van der Waals surface area contributed by atoms with Gasteiger partial charge in [0.1, 0.15) is 10.6 Å². The minimum Gasteiger partial charge on any atom is -0.465 e. The summed E-state index contributed by atoms with van der Waals surface area (Å²) in [6.45, 7) is 3.05. The smallest absolute Gasteiger partial charge is 0.341 e. The van der Waals surface area contributed by atoms with Gasteiger partial charge in [0.2, 0.25) is 0 Å². The van der Waals surface area contributed by atoms with E-state index in [1.165, 1.54) is 7.11 Å². The number of benzene rings is 1. The van der Waals surface area contributed by atoms with Crippen LogP contribution in [0.2, 0.25) is 0 Å². The number of rotatable bonds is 4. The van der Waals surface area contributed by atoms with Crippen molar-refractivity contribution in [3.8, 4) is 0 Å². The number of carbonyl (C=O) groups excluding carboxylic acids is 1. The summed E-state index contributed by atoms with van der Waals surface area (Å²) in [7, 11) is 3.44. The molecule has 0 saturated heterocycles. The van der Waals surface area contributed by atoms with Crippen molar-refractivity contribution < 1.29 is 9.53 Å². The number of hydrogen-bond acceptors (Lipinski definition) is 4. The number of ether oxygens (including phenoxy) is 1. The number of fused-ring (bicyclic) bond motifs is 1. The van der Waals surface area contributed by atoms with E-state index in [0.717, 1.165) is 28.1 Å². The normalized spacial score (nSPS) is 10.6. The minimum absolute atomic E-state index is 0.259. The van der Waals surface area contributed by atoms with E-state index in [1.54, 1.807) is 11.3 Å². The van der Waals surface area contributed by atoms with E-state index in [4.69, 9.17) is 4.74 Å². The summed E-state index contributed by atoms with van der Waals surface area (Å²) >= 11 is 1.64. The summed E-state index contributed by atoms with van der Waals surface area (Å²) in [5, 5.41) is 1.97. The van der Waals surface area contributed by atoms with Crippen molar-refractivity contribution in [1.82, 2.24) is 0 Å². The van der Waals surface area contributed by atoms with Gasteiger partial charge in [-0.05, 0) is 12.5 Å². The minimum atomic E-state index is -0.259. The lowest BCUT2D eigenvalue weighted by atomic mass is 10.1. The summed E-state index contributed by atoms with van der Waals surface area (Å²) in [6, 6.07) is 7.95. The van der Waals surface area contributed by atoms with Gasteiger partial charge in [-0.1, -0.05) is 25.1 Å². The Bertz CT molecular complexity index is 562. The van der Waals surface area contributed by atoms with E-state index < -0.39 is 0 Å². The Morgan fingerprint density at radius 3 is 2.78 bits per heavy atom. The highest BCUT2D eigenvalue weighted by Crippen LogP contribution is 2.38. The SMILES string of the molecule is CCCN(C)c1sc2ccccc2c1C(=O)OC. The molecule has 0 aliphatic rings. The summed E-state index contributed by atoms with van der Waals surface area (Å²) in [4.78, 5) is 14.1. The lowest BCUT2D eigenvalue weighted by Crippen LogP contribution is -2.19. The maximum Gasteiger partial charge on any atom is 0.341 e. The number of thiophene rings is 1. The predicted octanol–water partition coefficient (Wildman–Crippen LogP) is 3.53. The Labute approximate surface area is 111 Å². The van der Waals surface area contributed by atoms with E-state index in [2.05, 4.69) is 11.8 Å². The third kappa shape index (κ3) is 2.20. The Morgan fingerprint density at radius 2 is 2.11 bits per heavy atom. The highest BCUT2D eigenvalue weighted by atomic mass is 32.1. The van der Waals surface area contributed by atoms with Gasteiger partial charge in [-0.25, -0.2) is 4.79 Å². The van der Waals surface area contributed by atoms with Crippen molar-refractivity contribution in [3.05, 3.63) is 29.8 Å². The maximum atomic E-state index is 12.0. The van der Waals surface area contributed by atoms with Crippen LogP contribution in [0.25, 0.3) is 10.1 Å². The summed E-state index contributed by atoms with van der Waals surface area (Å²) in [6.07, 6.45) is 1.05. The quantitative estimate of drug-likeness (QED) is 0.790. The molecular formula is C14H17NO2S. The first kappa shape index (κ1) is 12.9. The van der Waals surface area contributed by atoms with Crippen LogP contribution >= 0.6 is 11.3 Å². The molecule has 0 aliphatic carbocycles. The molecule has 1 aromatic carbocycles. The molecule has 0 atom stereocenters. The molecule has 2 aromatic rings. The lowest BCUT2D eigenvalue weighted by Gasteiger charge is -2.17. The number of methoxy groups -OCH3 is 1. The molecule has 0 radical (unpaired) electrons. The monoisotopic (exact) mass is 263 g/mol. The van der Waals surface area contributed by atoms with Gasteiger partial charge in [0.25, 0.3) is 0 Å². The average molecular weight is 263 g/mol. The molecule has 0 saturated carbocycles. The highest BCUT2D eigenvalue weighted by Gasteiger charge is 2.21. The van der Waals surface area contributed by atoms with Crippen molar-refractivity contribution in [3.63, 3.8) is 0 Å². The molecule has 0 aliphatic heterocycles. The fourth-order valence-electron chi connectivity index (χ4n) is 2.04. The molecule has 2 rings (SSSR count). The first-order valence-electron chi connectivity index (χ1n) is 6.00. The molecule has 1 heterocycles. The molecule has 3 nitrogen and oxygen atoms in total. The summed E-state index contributed by atoms with van der Waals surface area (Å²) < 4.78 is 6.03. The molecule has 0 fully saturated rings. The first-order valence-corrected chi connectivity index (χ1v) is 6.81. The van der Waals surface area contributed by atoms with E-state index in [0.29, 0.717) is 5.56 Å². The fourth-order valence-corrected chi connectivity index (χ4v) is 3.22. The van der Waals surface area contributed by atoms with Gasteiger partial charge >= 0.3 is 5.97 Å². The topological polar surface area (TPSA) is 29.5 Å². The second kappa shape index (κ2) is 5.40. The van der Waals surface area contributed by atoms with Crippen LogP contribution in [0.5, 0.6) is 0 Å². The Kier molecular flexibility index (Phi) is 3.87. The van der Waals surface area contributed by atoms with Crippen LogP contribution in [0.4, 0.5) is 5.00 Å². The van der Waals surface area contributed by atoms with Gasteiger partial charge in [-0.15, -0.1) is 11.3 Å². The molecule has 4 heteroatoms. The van der Waals surface area contributed by atoms with Crippen molar-refractivity contribution in [2.75, 3.05) is 25.6 Å². The zero-order chi connectivity index (χ0) is 13.1. The van der Waals surface area contributed by atoms with Crippen LogP contribution in [0.1, 0.15) is 23.7 Å². The van der Waals surface area contributed by atoms with E-state index in [9.17, 15) is 4.79 Å². The standard InChI is InChI=1S/C14H17NO2S/c1-4-9-15(2)13-12(14(16)17-3)10-7-5-6-8-11(10)18-13/h5-8H,4,9H2,1-3H3. The number of carbonyl (C=O) groups is 1. The largest absolute Gasteiger partial charge is 0.465 e. The lowest BCUT2D eigenvalue weighted by molar-refractivity contribution is 0.0604. The zero-order valence-electron chi connectivity index (χ0n) is 10.9. The number of nitrogens with zero attached hydrogens (tertiary/aromatic N) is 1. The highest BCUT2D eigenvalue weighted by molar-refractivity contribution is 7.23. The van der Waals surface area contributed by atoms with Crippen LogP contribution in [0.15, 0.2) is 24.3 Å². The molecule has 0 N–H and O–H groups in total. The van der Waals surface area contributed by atoms with Crippen LogP contribution in [0, 0.1) is 0 Å². The van der Waals surface area contributed by atoms with Crippen molar-refractivity contribution >= 4 is 32.4 Å². The molecule has 18 heavy (non-hydrogen) atoms. The van der Waals surface area contributed by atoms with Gasteiger partial charge < -0.3 is 9.64 Å². The second-order valence-electron chi connectivity index (χ2n) is 4.19. The van der Waals surface area contributed by atoms with E-state index in [1.807, 2.05) is 31.3 Å². The van der Waals surface area contributed by atoms with Crippen LogP contribution in [-0.4, -0.2) is 26.7 Å². The molecule has 0 bridgehead atoms. The Balaban J connectivity index is 2.60. The summed E-state index contributed by atoms with van der Waals surface area (Å²) in [5.74, 6) is -0.259. The van der Waals surface area contributed by atoms with Crippen LogP contribution < -0.4 is 4.90 Å². The molecule has 1 aromatic heterocycles. The van der Waals surface area contributed by atoms with Crippen LogP contribution in [0.3, 0.4) is 0 Å². The van der Waals surface area contributed by atoms with Gasteiger partial charge in [0.05, 0.1) is 7.11 Å². The van der Waals surface area contributed by atoms with Crippen molar-refractivity contribution in [2.24, 2.45) is 0 Å². The second-order valence-corrected chi connectivity index (χ2v) is 5.22. The van der Waals surface area contributed by atoms with E-state index in [-0.39, 0.29) is 5.97 Å². The fraction of sp³-hybridized carbons (Fsp3) is 0.357. The van der Waals surface area contributed by atoms with Gasteiger partial charge in [-0.3, -0.25) is 0 Å². The van der Waals surface area contributed by atoms with Gasteiger partial charge in [0, 0.05) is 23.7 Å². The molecule has 0 amide bonds. The number of hydrogen-bond donors (Lipinski definition) is 0. The van der Waals surface area contributed by atoms with Crippen molar-refractivity contribution in [1.29, 1.82) is 0 Å².